The van der Waals surface area contributed by atoms with Crippen LogP contribution in [0.3, 0.4) is 0 Å². The molecule has 2 aliphatic rings. The highest BCUT2D eigenvalue weighted by atomic mass is 79.9. The Hall–Kier alpha value is -2.10. The van der Waals surface area contributed by atoms with Crippen LogP contribution in [-0.2, 0) is 11.3 Å². The number of likely N-dealkylation sites (tertiary alicyclic amines) is 1. The summed E-state index contributed by atoms with van der Waals surface area (Å²) in [7, 11) is 0. The van der Waals surface area contributed by atoms with Gasteiger partial charge in [-0.15, -0.1) is 0 Å². The molecule has 1 unspecified atom stereocenters. The van der Waals surface area contributed by atoms with Crippen molar-refractivity contribution in [2.45, 2.75) is 50.2 Å². The number of amides is 1. The molecule has 1 atom stereocenters. The second kappa shape index (κ2) is 8.68. The largest absolute Gasteiger partial charge is 0.388 e. The molecule has 1 saturated heterocycles. The summed E-state index contributed by atoms with van der Waals surface area (Å²) in [5.41, 5.74) is 0.810. The number of hydrogen-bond donors (Lipinski definition) is 1. The number of piperidine rings is 1. The van der Waals surface area contributed by atoms with Gasteiger partial charge in [-0.05, 0) is 70.5 Å². The fourth-order valence-corrected chi connectivity index (χ4v) is 5.75. The van der Waals surface area contributed by atoms with Crippen molar-refractivity contribution in [1.82, 2.24) is 18.8 Å². The van der Waals surface area contributed by atoms with E-state index in [1.165, 1.54) is 40.8 Å². The van der Waals surface area contributed by atoms with Gasteiger partial charge in [0, 0.05) is 19.5 Å². The zero-order valence-electron chi connectivity index (χ0n) is 17.6. The number of aliphatic hydroxyl groups is 1. The lowest BCUT2D eigenvalue weighted by Crippen LogP contribution is -2.49. The van der Waals surface area contributed by atoms with Gasteiger partial charge in [-0.2, -0.15) is 4.37 Å². The summed E-state index contributed by atoms with van der Waals surface area (Å²) in [6, 6.07) is 10.3. The average molecular weight is 517 g/mol. The van der Waals surface area contributed by atoms with Crippen LogP contribution < -0.4 is 5.56 Å². The first-order valence-electron chi connectivity index (χ1n) is 11.0. The number of hydrogen-bond acceptors (Lipinski definition) is 6. The number of halogens is 1. The molecule has 2 fully saturated rings. The standard InChI is InChI=1S/C23H25BrN4O3S/c24-21-19-20(26-32-21)22(30)28(14-25-19)13-23(31)8-10-27(11-9-23)18(29)12-17(16-6-7-16)15-4-2-1-3-5-15/h1-5,14,16-17,31H,6-13H2. The van der Waals surface area contributed by atoms with Crippen molar-refractivity contribution >= 4 is 44.4 Å². The van der Waals surface area contributed by atoms with E-state index in [0.717, 1.165) is 3.79 Å². The first kappa shape index (κ1) is 21.7. The minimum atomic E-state index is -1.04. The Morgan fingerprint density at radius 3 is 2.62 bits per heavy atom. The number of benzene rings is 1. The smallest absolute Gasteiger partial charge is 0.281 e. The number of nitrogens with zero attached hydrogens (tertiary/aromatic N) is 4. The Morgan fingerprint density at radius 2 is 1.94 bits per heavy atom. The van der Waals surface area contributed by atoms with Crippen LogP contribution in [0.25, 0.3) is 11.0 Å². The van der Waals surface area contributed by atoms with Crippen LogP contribution in [0.4, 0.5) is 0 Å². The van der Waals surface area contributed by atoms with E-state index in [4.69, 9.17) is 0 Å². The number of carbonyl (C=O) groups excluding carboxylic acids is 1. The van der Waals surface area contributed by atoms with Gasteiger partial charge in [0.25, 0.3) is 5.56 Å². The van der Waals surface area contributed by atoms with Gasteiger partial charge in [0.1, 0.15) is 9.30 Å². The van der Waals surface area contributed by atoms with Crippen LogP contribution in [0.15, 0.2) is 45.2 Å². The lowest BCUT2D eigenvalue weighted by molar-refractivity contribution is -0.136. The van der Waals surface area contributed by atoms with Gasteiger partial charge in [0.2, 0.25) is 5.91 Å². The first-order chi connectivity index (χ1) is 15.4. The van der Waals surface area contributed by atoms with E-state index >= 15 is 0 Å². The normalized spacial score (nSPS) is 19.2. The molecule has 1 N–H and O–H groups in total. The Kier molecular flexibility index (Phi) is 5.90. The number of aromatic nitrogens is 3. The number of carbonyl (C=O) groups is 1. The molecule has 1 amide bonds. The van der Waals surface area contributed by atoms with Crippen LogP contribution in [0.2, 0.25) is 0 Å². The zero-order valence-corrected chi connectivity index (χ0v) is 20.0. The highest BCUT2D eigenvalue weighted by Gasteiger charge is 2.38. The van der Waals surface area contributed by atoms with Crippen LogP contribution in [0.1, 0.15) is 43.6 Å². The third-order valence-corrected chi connectivity index (χ3v) is 8.18. The van der Waals surface area contributed by atoms with Gasteiger partial charge in [0.15, 0.2) is 5.52 Å². The third kappa shape index (κ3) is 4.38. The average Bonchev–Trinajstić information content (AvgIpc) is 3.57. The molecule has 3 heterocycles. The van der Waals surface area contributed by atoms with E-state index in [1.54, 1.807) is 0 Å². The van der Waals surface area contributed by atoms with Crippen molar-refractivity contribution in [2.75, 3.05) is 13.1 Å². The Morgan fingerprint density at radius 1 is 1.22 bits per heavy atom. The van der Waals surface area contributed by atoms with E-state index in [0.29, 0.717) is 49.3 Å². The lowest BCUT2D eigenvalue weighted by atomic mass is 9.88. The van der Waals surface area contributed by atoms with Gasteiger partial charge in [0.05, 0.1) is 18.5 Å². The molecule has 168 valence electrons. The van der Waals surface area contributed by atoms with Gasteiger partial charge in [-0.25, -0.2) is 4.98 Å². The van der Waals surface area contributed by atoms with Crippen LogP contribution in [0.5, 0.6) is 0 Å². The van der Waals surface area contributed by atoms with E-state index in [-0.39, 0.29) is 23.9 Å². The van der Waals surface area contributed by atoms with Crippen molar-refractivity contribution in [2.24, 2.45) is 5.92 Å². The minimum Gasteiger partial charge on any atom is -0.388 e. The molecule has 0 radical (unpaired) electrons. The van der Waals surface area contributed by atoms with Crippen LogP contribution in [0, 0.1) is 5.92 Å². The lowest BCUT2D eigenvalue weighted by Gasteiger charge is -2.38. The summed E-state index contributed by atoms with van der Waals surface area (Å²) >= 11 is 4.54. The maximum Gasteiger partial charge on any atom is 0.281 e. The topological polar surface area (TPSA) is 88.3 Å². The van der Waals surface area contributed by atoms with Crippen molar-refractivity contribution in [3.05, 3.63) is 56.4 Å². The molecule has 9 heteroatoms. The molecule has 1 aliphatic carbocycles. The maximum atomic E-state index is 13.1. The Bertz CT molecular complexity index is 1180. The molecular formula is C23H25BrN4O3S. The molecule has 7 nitrogen and oxygen atoms in total. The number of fused-ring (bicyclic) bond motifs is 1. The van der Waals surface area contributed by atoms with Crippen molar-refractivity contribution in [3.8, 4) is 0 Å². The summed E-state index contributed by atoms with van der Waals surface area (Å²) in [5, 5.41) is 11.1. The second-order valence-corrected chi connectivity index (χ2v) is 11.1. The quantitative estimate of drug-likeness (QED) is 0.541. The van der Waals surface area contributed by atoms with Crippen molar-refractivity contribution in [1.29, 1.82) is 0 Å². The monoisotopic (exact) mass is 516 g/mol. The molecular weight excluding hydrogens is 492 g/mol. The summed E-state index contributed by atoms with van der Waals surface area (Å²) in [6.07, 6.45) is 5.24. The van der Waals surface area contributed by atoms with E-state index in [9.17, 15) is 14.7 Å². The summed E-state index contributed by atoms with van der Waals surface area (Å²) in [5.74, 6) is 1.03. The molecule has 0 spiro atoms. The van der Waals surface area contributed by atoms with Crippen LogP contribution >= 0.6 is 27.5 Å². The molecule has 1 aliphatic heterocycles. The predicted octanol–water partition coefficient (Wildman–Crippen LogP) is 3.55. The fourth-order valence-electron chi connectivity index (χ4n) is 4.67. The third-order valence-electron chi connectivity index (χ3n) is 6.74. The summed E-state index contributed by atoms with van der Waals surface area (Å²) in [6.45, 7) is 1.14. The van der Waals surface area contributed by atoms with E-state index in [1.807, 2.05) is 23.1 Å². The van der Waals surface area contributed by atoms with E-state index in [2.05, 4.69) is 37.4 Å². The van der Waals surface area contributed by atoms with Gasteiger partial charge in [-0.3, -0.25) is 14.2 Å². The van der Waals surface area contributed by atoms with Gasteiger partial charge >= 0.3 is 0 Å². The number of rotatable bonds is 6. The van der Waals surface area contributed by atoms with Crippen molar-refractivity contribution < 1.29 is 9.90 Å². The Balaban J connectivity index is 1.23. The van der Waals surface area contributed by atoms with Crippen molar-refractivity contribution in [3.63, 3.8) is 0 Å². The zero-order chi connectivity index (χ0) is 22.3. The SMILES string of the molecule is O=C(CC(c1ccccc1)C1CC1)N1CCC(O)(Cn2cnc3c(Br)snc3c2=O)CC1. The Labute approximate surface area is 198 Å². The molecule has 1 saturated carbocycles. The molecule has 0 bridgehead atoms. The van der Waals surface area contributed by atoms with Gasteiger partial charge < -0.3 is 10.0 Å². The minimum absolute atomic E-state index is 0.153. The molecule has 2 aromatic heterocycles. The first-order valence-corrected chi connectivity index (χ1v) is 12.6. The second-order valence-electron chi connectivity index (χ2n) is 8.99. The van der Waals surface area contributed by atoms with Crippen LogP contribution in [-0.4, -0.2) is 48.5 Å². The van der Waals surface area contributed by atoms with Gasteiger partial charge in [-0.1, -0.05) is 30.3 Å². The molecule has 1 aromatic carbocycles. The highest BCUT2D eigenvalue weighted by Crippen LogP contribution is 2.44. The molecule has 32 heavy (non-hydrogen) atoms. The summed E-state index contributed by atoms with van der Waals surface area (Å²) < 4.78 is 6.33. The molecule has 3 aromatic rings. The highest BCUT2D eigenvalue weighted by molar-refractivity contribution is 9.11. The predicted molar refractivity (Wildman–Crippen MR) is 127 cm³/mol. The van der Waals surface area contributed by atoms with E-state index < -0.39 is 5.60 Å². The maximum absolute atomic E-state index is 13.1. The fraction of sp³-hybridized carbons (Fsp3) is 0.478. The summed E-state index contributed by atoms with van der Waals surface area (Å²) in [4.78, 5) is 32.0. The molecule has 5 rings (SSSR count).